The van der Waals surface area contributed by atoms with Gasteiger partial charge in [0.15, 0.2) is 0 Å². The zero-order chi connectivity index (χ0) is 46.7. The molecule has 1 aromatic heterocycles. The van der Waals surface area contributed by atoms with Crippen molar-refractivity contribution in [3.63, 3.8) is 0 Å². The number of carboxylic acid groups (broad SMARTS) is 1. The second-order valence-corrected chi connectivity index (χ2v) is 17.9. The Kier molecular flexibility index (Phi) is 29.6. The van der Waals surface area contributed by atoms with Crippen LogP contribution in [0.4, 0.5) is 5.95 Å². The van der Waals surface area contributed by atoms with E-state index in [1.165, 1.54) is 95.2 Å². The molecular weight excluding hydrogens is 851 g/mol. The van der Waals surface area contributed by atoms with Gasteiger partial charge in [-0.25, -0.2) is 27.9 Å². The summed E-state index contributed by atoms with van der Waals surface area (Å²) in [4.78, 5) is 54.3. The Morgan fingerprint density at radius 3 is 1.62 bits per heavy atom. The van der Waals surface area contributed by atoms with Gasteiger partial charge < -0.3 is 44.2 Å². The standard InChI is InChI=1S/C45H73N5O13S/c1-45(2,3)63-42(54)19-17-15-13-11-9-7-5-4-6-8-10-12-14-16-18-26-62-38-20-22-39(23-21-38)64(56,57)50-44-48-33-37(34-49-44)43(55)47-25-28-59-29-31-60-35-40(51)46-24-27-58-30-32-61-36-41(52)53/h20-23,33-34H,4-19,24-32,35-36H2,1-3H3,(H,46,51)(H,47,55)(H,52,53)(H,48,49,50). The van der Waals surface area contributed by atoms with Gasteiger partial charge in [-0.3, -0.25) is 14.4 Å². The Hall–Kier alpha value is -4.43. The average Bonchev–Trinajstić information content (AvgIpc) is 3.24. The summed E-state index contributed by atoms with van der Waals surface area (Å²) in [6.45, 7) is 7.30. The Morgan fingerprint density at radius 1 is 0.609 bits per heavy atom. The lowest BCUT2D eigenvalue weighted by atomic mass is 10.0. The third-order valence-corrected chi connectivity index (χ3v) is 10.6. The van der Waals surface area contributed by atoms with Crippen LogP contribution in [0.2, 0.25) is 0 Å². The van der Waals surface area contributed by atoms with Crippen LogP contribution in [0.1, 0.15) is 134 Å². The lowest BCUT2D eigenvalue weighted by Gasteiger charge is -2.19. The monoisotopic (exact) mass is 923 g/mol. The summed E-state index contributed by atoms with van der Waals surface area (Å²) < 4.78 is 60.0. The maximum absolute atomic E-state index is 12.9. The van der Waals surface area contributed by atoms with Gasteiger partial charge in [-0.2, -0.15) is 0 Å². The molecular formula is C45H73N5O13S. The number of amides is 2. The molecule has 19 heteroatoms. The first kappa shape index (κ1) is 55.7. The SMILES string of the molecule is CC(C)(C)OC(=O)CCCCCCCCCCCCCCCCCOc1ccc(S(=O)(=O)Nc2ncc(C(=O)NCCOCCOCC(=O)NCCOCCOCC(=O)O)cn2)cc1. The number of esters is 1. The zero-order valence-corrected chi connectivity index (χ0v) is 39.0. The Balaban J connectivity index is 1.45. The van der Waals surface area contributed by atoms with E-state index in [4.69, 9.17) is 33.5 Å². The number of rotatable bonds is 39. The number of hydrogen-bond acceptors (Lipinski definition) is 14. The van der Waals surface area contributed by atoms with Crippen LogP contribution in [0.5, 0.6) is 5.75 Å². The van der Waals surface area contributed by atoms with E-state index in [0.717, 1.165) is 25.7 Å². The molecule has 0 aliphatic heterocycles. The minimum absolute atomic E-state index is 0.0174. The first-order chi connectivity index (χ1) is 30.7. The van der Waals surface area contributed by atoms with E-state index >= 15 is 0 Å². The molecule has 0 atom stereocenters. The predicted octanol–water partition coefficient (Wildman–Crippen LogP) is 6.24. The molecule has 0 spiro atoms. The lowest BCUT2D eigenvalue weighted by Crippen LogP contribution is -2.31. The third-order valence-electron chi connectivity index (χ3n) is 9.29. The molecule has 0 saturated carbocycles. The van der Waals surface area contributed by atoms with Gasteiger partial charge in [0.25, 0.3) is 15.9 Å². The average molecular weight is 924 g/mol. The van der Waals surface area contributed by atoms with E-state index in [2.05, 4.69) is 25.3 Å². The van der Waals surface area contributed by atoms with Crippen LogP contribution in [0.15, 0.2) is 41.6 Å². The minimum Gasteiger partial charge on any atom is -0.494 e. The number of aromatic nitrogens is 2. The van der Waals surface area contributed by atoms with Crippen molar-refractivity contribution in [1.82, 2.24) is 20.6 Å². The highest BCUT2D eigenvalue weighted by Gasteiger charge is 2.17. The molecule has 2 rings (SSSR count). The normalized spacial score (nSPS) is 11.5. The first-order valence-electron chi connectivity index (χ1n) is 22.6. The lowest BCUT2D eigenvalue weighted by molar-refractivity contribution is -0.155. The quantitative estimate of drug-likeness (QED) is 0.0429. The number of sulfonamides is 1. The largest absolute Gasteiger partial charge is 0.494 e. The number of anilines is 1. The molecule has 0 unspecified atom stereocenters. The summed E-state index contributed by atoms with van der Waals surface area (Å²) in [6.07, 6.45) is 20.8. The van der Waals surface area contributed by atoms with E-state index in [1.807, 2.05) is 20.8 Å². The fourth-order valence-electron chi connectivity index (χ4n) is 6.06. The molecule has 0 aliphatic rings. The van der Waals surface area contributed by atoms with Crippen LogP contribution >= 0.6 is 0 Å². The molecule has 2 amide bonds. The third kappa shape index (κ3) is 29.8. The van der Waals surface area contributed by atoms with E-state index in [-0.39, 0.29) is 94.2 Å². The fraction of sp³-hybridized carbons (Fsp3) is 0.689. The summed E-state index contributed by atoms with van der Waals surface area (Å²) in [7, 11) is -3.98. The van der Waals surface area contributed by atoms with Crippen molar-refractivity contribution in [3.05, 3.63) is 42.2 Å². The maximum atomic E-state index is 12.9. The summed E-state index contributed by atoms with van der Waals surface area (Å²) in [5, 5.41) is 13.7. The maximum Gasteiger partial charge on any atom is 0.329 e. The van der Waals surface area contributed by atoms with Crippen molar-refractivity contribution in [2.45, 2.75) is 134 Å². The van der Waals surface area contributed by atoms with Crippen LogP contribution in [-0.4, -0.2) is 125 Å². The molecule has 362 valence electrons. The first-order valence-corrected chi connectivity index (χ1v) is 24.1. The van der Waals surface area contributed by atoms with Crippen molar-refractivity contribution in [2.75, 3.05) is 77.3 Å². The van der Waals surface area contributed by atoms with Crippen molar-refractivity contribution in [1.29, 1.82) is 0 Å². The number of nitrogens with zero attached hydrogens (tertiary/aromatic N) is 2. The minimum atomic E-state index is -3.98. The van der Waals surface area contributed by atoms with Crippen molar-refractivity contribution >= 4 is 39.7 Å². The van der Waals surface area contributed by atoms with Crippen LogP contribution in [0.25, 0.3) is 0 Å². The second kappa shape index (κ2) is 34.0. The number of carbonyl (C=O) groups excluding carboxylic acids is 3. The molecule has 18 nitrogen and oxygen atoms in total. The Morgan fingerprint density at radius 2 is 1.09 bits per heavy atom. The number of carbonyl (C=O) groups is 4. The van der Waals surface area contributed by atoms with E-state index in [9.17, 15) is 27.6 Å². The summed E-state index contributed by atoms with van der Waals surface area (Å²) in [6, 6.07) is 6.13. The molecule has 0 radical (unpaired) electrons. The second-order valence-electron chi connectivity index (χ2n) is 16.2. The number of unbranched alkanes of at least 4 members (excludes halogenated alkanes) is 14. The van der Waals surface area contributed by atoms with Gasteiger partial charge in [0.2, 0.25) is 11.9 Å². The van der Waals surface area contributed by atoms with E-state index in [1.54, 1.807) is 12.1 Å². The highest BCUT2D eigenvalue weighted by molar-refractivity contribution is 7.92. The van der Waals surface area contributed by atoms with Crippen LogP contribution in [-0.2, 0) is 48.1 Å². The number of ether oxygens (including phenoxy) is 6. The van der Waals surface area contributed by atoms with Gasteiger partial charge in [0, 0.05) is 31.9 Å². The Bertz CT molecular complexity index is 1690. The topological polar surface area (TPSA) is 240 Å². The Labute approximate surface area is 379 Å². The van der Waals surface area contributed by atoms with Crippen LogP contribution < -0.4 is 20.1 Å². The highest BCUT2D eigenvalue weighted by atomic mass is 32.2. The van der Waals surface area contributed by atoms with Crippen LogP contribution in [0, 0.1) is 0 Å². The molecule has 2 aromatic rings. The molecule has 1 heterocycles. The van der Waals surface area contributed by atoms with E-state index < -0.39 is 27.5 Å². The smallest absolute Gasteiger partial charge is 0.329 e. The van der Waals surface area contributed by atoms with Crippen molar-refractivity contribution < 1.29 is 61.1 Å². The summed E-state index contributed by atoms with van der Waals surface area (Å²) in [5.74, 6) is -1.54. The number of benzene rings is 1. The summed E-state index contributed by atoms with van der Waals surface area (Å²) >= 11 is 0. The van der Waals surface area contributed by atoms with Crippen LogP contribution in [0.3, 0.4) is 0 Å². The number of hydrogen-bond donors (Lipinski definition) is 4. The fourth-order valence-corrected chi connectivity index (χ4v) is 7.02. The van der Waals surface area contributed by atoms with Gasteiger partial charge >= 0.3 is 11.9 Å². The number of carboxylic acids is 1. The predicted molar refractivity (Wildman–Crippen MR) is 241 cm³/mol. The highest BCUT2D eigenvalue weighted by Crippen LogP contribution is 2.19. The molecule has 1 aromatic carbocycles. The molecule has 0 aliphatic carbocycles. The summed E-state index contributed by atoms with van der Waals surface area (Å²) in [5.41, 5.74) is -0.267. The van der Waals surface area contributed by atoms with Gasteiger partial charge in [-0.05, 0) is 57.9 Å². The van der Waals surface area contributed by atoms with Gasteiger partial charge in [-0.15, -0.1) is 0 Å². The molecule has 64 heavy (non-hydrogen) atoms. The molecule has 4 N–H and O–H groups in total. The van der Waals surface area contributed by atoms with E-state index in [0.29, 0.717) is 18.8 Å². The number of aliphatic carboxylic acids is 1. The molecule has 0 fully saturated rings. The van der Waals surface area contributed by atoms with Crippen molar-refractivity contribution in [3.8, 4) is 5.75 Å². The zero-order valence-electron chi connectivity index (χ0n) is 38.2. The van der Waals surface area contributed by atoms with Crippen molar-refractivity contribution in [2.24, 2.45) is 0 Å². The van der Waals surface area contributed by atoms with Gasteiger partial charge in [0.05, 0.1) is 56.7 Å². The van der Waals surface area contributed by atoms with Gasteiger partial charge in [0.1, 0.15) is 24.6 Å². The number of nitrogens with one attached hydrogen (secondary N) is 3. The molecule has 0 saturated heterocycles. The van der Waals surface area contributed by atoms with Gasteiger partial charge in [-0.1, -0.05) is 83.5 Å². The molecule has 0 bridgehead atoms.